The van der Waals surface area contributed by atoms with E-state index in [2.05, 4.69) is 10.1 Å². The Balaban J connectivity index is 2.27. The number of amidine groups is 1. The van der Waals surface area contributed by atoms with Crippen molar-refractivity contribution in [2.75, 3.05) is 0 Å². The summed E-state index contributed by atoms with van der Waals surface area (Å²) in [6.45, 7) is 1.95. The van der Waals surface area contributed by atoms with E-state index in [1.165, 1.54) is 11.8 Å². The van der Waals surface area contributed by atoms with Crippen molar-refractivity contribution < 1.29 is 0 Å². The zero-order valence-corrected chi connectivity index (χ0v) is 10.5. The SMILES string of the molecule is Cc1cc(Sc2cccc(C(=N)N)n2)n(C)n1. The zero-order valence-electron chi connectivity index (χ0n) is 9.64. The van der Waals surface area contributed by atoms with Crippen LogP contribution in [-0.2, 0) is 7.05 Å². The molecule has 0 aliphatic carbocycles. The van der Waals surface area contributed by atoms with Crippen molar-refractivity contribution in [3.05, 3.63) is 35.7 Å². The van der Waals surface area contributed by atoms with E-state index in [0.717, 1.165) is 15.7 Å². The highest BCUT2D eigenvalue weighted by Crippen LogP contribution is 2.26. The summed E-state index contributed by atoms with van der Waals surface area (Å²) >= 11 is 1.50. The van der Waals surface area contributed by atoms with E-state index in [0.29, 0.717) is 5.69 Å². The molecule has 0 aliphatic heterocycles. The van der Waals surface area contributed by atoms with Crippen LogP contribution in [0.4, 0.5) is 0 Å². The Kier molecular flexibility index (Phi) is 3.14. The van der Waals surface area contributed by atoms with Crippen molar-refractivity contribution in [1.82, 2.24) is 14.8 Å². The summed E-state index contributed by atoms with van der Waals surface area (Å²) in [4.78, 5) is 4.29. The molecule has 0 aliphatic rings. The second kappa shape index (κ2) is 4.58. The maximum atomic E-state index is 7.35. The molecule has 2 aromatic heterocycles. The molecular formula is C11H13N5S. The Bertz CT molecular complexity index is 561. The number of hydrogen-bond donors (Lipinski definition) is 2. The number of hydrogen-bond acceptors (Lipinski definition) is 4. The number of pyridine rings is 1. The highest BCUT2D eigenvalue weighted by Gasteiger charge is 2.06. The lowest BCUT2D eigenvalue weighted by Crippen LogP contribution is -2.13. The van der Waals surface area contributed by atoms with Crippen molar-refractivity contribution in [2.24, 2.45) is 12.8 Å². The van der Waals surface area contributed by atoms with Gasteiger partial charge in [-0.1, -0.05) is 17.8 Å². The van der Waals surface area contributed by atoms with Crippen LogP contribution in [0.25, 0.3) is 0 Å². The van der Waals surface area contributed by atoms with Gasteiger partial charge in [-0.05, 0) is 25.1 Å². The van der Waals surface area contributed by atoms with E-state index < -0.39 is 0 Å². The van der Waals surface area contributed by atoms with E-state index in [1.54, 1.807) is 6.07 Å². The van der Waals surface area contributed by atoms with E-state index >= 15 is 0 Å². The number of nitrogens with two attached hydrogens (primary N) is 1. The molecule has 0 spiro atoms. The summed E-state index contributed by atoms with van der Waals surface area (Å²) in [7, 11) is 1.89. The molecule has 0 amide bonds. The number of aromatic nitrogens is 3. The van der Waals surface area contributed by atoms with Crippen LogP contribution in [0, 0.1) is 12.3 Å². The summed E-state index contributed by atoms with van der Waals surface area (Å²) in [5.41, 5.74) is 6.87. The van der Waals surface area contributed by atoms with Crippen molar-refractivity contribution in [3.8, 4) is 0 Å². The Morgan fingerprint density at radius 1 is 1.47 bits per heavy atom. The fraction of sp³-hybridized carbons (Fsp3) is 0.182. The van der Waals surface area contributed by atoms with Crippen LogP contribution >= 0.6 is 11.8 Å². The van der Waals surface area contributed by atoms with Gasteiger partial charge in [0.1, 0.15) is 21.6 Å². The summed E-state index contributed by atoms with van der Waals surface area (Å²) in [5.74, 6) is -0.0198. The third-order valence-electron chi connectivity index (χ3n) is 2.17. The minimum atomic E-state index is -0.0198. The topological polar surface area (TPSA) is 80.6 Å². The molecule has 0 radical (unpaired) electrons. The lowest BCUT2D eigenvalue weighted by atomic mass is 10.3. The quantitative estimate of drug-likeness (QED) is 0.637. The first-order chi connectivity index (χ1) is 8.06. The van der Waals surface area contributed by atoms with Crippen molar-refractivity contribution in [2.45, 2.75) is 17.0 Å². The maximum Gasteiger partial charge on any atom is 0.141 e. The fourth-order valence-electron chi connectivity index (χ4n) is 1.41. The van der Waals surface area contributed by atoms with Crippen molar-refractivity contribution in [3.63, 3.8) is 0 Å². The molecule has 2 aromatic rings. The second-order valence-corrected chi connectivity index (χ2v) is 4.67. The van der Waals surface area contributed by atoms with Gasteiger partial charge in [-0.3, -0.25) is 10.1 Å². The molecule has 0 saturated heterocycles. The number of nitrogen functional groups attached to an aromatic ring is 1. The number of nitrogens with zero attached hydrogens (tertiary/aromatic N) is 3. The summed E-state index contributed by atoms with van der Waals surface area (Å²) in [6.07, 6.45) is 0. The van der Waals surface area contributed by atoms with E-state index in [1.807, 2.05) is 36.9 Å². The predicted molar refractivity (Wildman–Crippen MR) is 67.3 cm³/mol. The molecule has 5 nitrogen and oxygen atoms in total. The van der Waals surface area contributed by atoms with Crippen molar-refractivity contribution in [1.29, 1.82) is 5.41 Å². The van der Waals surface area contributed by atoms with E-state index in [-0.39, 0.29) is 5.84 Å². The van der Waals surface area contributed by atoms with Gasteiger partial charge in [0.25, 0.3) is 0 Å². The fourth-order valence-corrected chi connectivity index (χ4v) is 2.32. The molecule has 0 atom stereocenters. The van der Waals surface area contributed by atoms with Gasteiger partial charge in [-0.2, -0.15) is 5.10 Å². The van der Waals surface area contributed by atoms with Gasteiger partial charge in [0, 0.05) is 7.05 Å². The standard InChI is InChI=1S/C11H13N5S/c1-7-6-10(16(2)15-7)17-9-5-3-4-8(14-9)11(12)13/h3-6H,1-2H3,(H3,12,13). The number of rotatable bonds is 3. The predicted octanol–water partition coefficient (Wildman–Crippen LogP) is 1.56. The van der Waals surface area contributed by atoms with Gasteiger partial charge in [0.05, 0.1) is 5.69 Å². The number of nitrogens with one attached hydrogen (secondary N) is 1. The molecular weight excluding hydrogens is 234 g/mol. The lowest BCUT2D eigenvalue weighted by molar-refractivity contribution is 0.692. The second-order valence-electron chi connectivity index (χ2n) is 3.62. The average Bonchev–Trinajstić information content (AvgIpc) is 2.58. The summed E-state index contributed by atoms with van der Waals surface area (Å²) in [5, 5.41) is 13.4. The lowest BCUT2D eigenvalue weighted by Gasteiger charge is -2.03. The normalized spacial score (nSPS) is 10.5. The Morgan fingerprint density at radius 2 is 2.24 bits per heavy atom. The van der Waals surface area contributed by atoms with Crippen LogP contribution in [0.2, 0.25) is 0 Å². The van der Waals surface area contributed by atoms with E-state index in [9.17, 15) is 0 Å². The van der Waals surface area contributed by atoms with Crippen molar-refractivity contribution >= 4 is 17.6 Å². The molecule has 0 fully saturated rings. The Morgan fingerprint density at radius 3 is 2.82 bits per heavy atom. The first kappa shape index (κ1) is 11.7. The molecule has 17 heavy (non-hydrogen) atoms. The number of aryl methyl sites for hydroxylation is 2. The minimum absolute atomic E-state index is 0.0198. The molecule has 88 valence electrons. The van der Waals surface area contributed by atoms with Gasteiger partial charge in [-0.15, -0.1) is 0 Å². The molecule has 2 heterocycles. The van der Waals surface area contributed by atoms with E-state index in [4.69, 9.17) is 11.1 Å². The van der Waals surface area contributed by atoms with Crippen LogP contribution in [-0.4, -0.2) is 20.6 Å². The molecule has 2 rings (SSSR count). The van der Waals surface area contributed by atoms with Crippen LogP contribution in [0.1, 0.15) is 11.4 Å². The first-order valence-electron chi connectivity index (χ1n) is 5.06. The molecule has 0 unspecified atom stereocenters. The summed E-state index contributed by atoms with van der Waals surface area (Å²) < 4.78 is 1.81. The van der Waals surface area contributed by atoms with Crippen LogP contribution < -0.4 is 5.73 Å². The van der Waals surface area contributed by atoms with Gasteiger partial charge in [0.15, 0.2) is 0 Å². The van der Waals surface area contributed by atoms with Crippen LogP contribution in [0.5, 0.6) is 0 Å². The van der Waals surface area contributed by atoms with Crippen LogP contribution in [0.15, 0.2) is 34.3 Å². The highest BCUT2D eigenvalue weighted by molar-refractivity contribution is 7.99. The van der Waals surface area contributed by atoms with Gasteiger partial charge < -0.3 is 5.73 Å². The molecule has 0 aromatic carbocycles. The molecule has 0 bridgehead atoms. The average molecular weight is 247 g/mol. The Hall–Kier alpha value is -1.82. The first-order valence-corrected chi connectivity index (χ1v) is 5.88. The third-order valence-corrected chi connectivity index (χ3v) is 3.20. The third kappa shape index (κ3) is 2.65. The van der Waals surface area contributed by atoms with Gasteiger partial charge in [0.2, 0.25) is 0 Å². The monoisotopic (exact) mass is 247 g/mol. The highest BCUT2D eigenvalue weighted by atomic mass is 32.2. The van der Waals surface area contributed by atoms with Crippen LogP contribution in [0.3, 0.4) is 0 Å². The zero-order chi connectivity index (χ0) is 12.4. The molecule has 0 saturated carbocycles. The molecule has 3 N–H and O–H groups in total. The van der Waals surface area contributed by atoms with Gasteiger partial charge in [-0.25, -0.2) is 4.98 Å². The smallest absolute Gasteiger partial charge is 0.141 e. The largest absolute Gasteiger partial charge is 0.382 e. The summed E-state index contributed by atoms with van der Waals surface area (Å²) in [6, 6.07) is 7.45. The molecule has 6 heteroatoms. The minimum Gasteiger partial charge on any atom is -0.382 e. The maximum absolute atomic E-state index is 7.35. The van der Waals surface area contributed by atoms with Gasteiger partial charge >= 0.3 is 0 Å². The Labute approximate surface area is 104 Å².